The standard InChI is InChI=1S/C27H16O/c1-3-7-20-16(5-1)9-10-18-13-19-14-23-25(15-22(19)26(18)20)28-24-12-11-17-6-2-4-8-21(17)27(23)24/h1-12,14-15H,13H2. The molecule has 1 aromatic heterocycles. The Kier molecular flexibility index (Phi) is 2.60. The minimum Gasteiger partial charge on any atom is -0.456 e. The van der Waals surface area contributed by atoms with Gasteiger partial charge in [0, 0.05) is 10.8 Å². The van der Waals surface area contributed by atoms with Gasteiger partial charge in [-0.2, -0.15) is 0 Å². The summed E-state index contributed by atoms with van der Waals surface area (Å²) in [7, 11) is 0. The van der Waals surface area contributed by atoms with E-state index >= 15 is 0 Å². The summed E-state index contributed by atoms with van der Waals surface area (Å²) in [6.45, 7) is 0. The summed E-state index contributed by atoms with van der Waals surface area (Å²) in [5.41, 5.74) is 7.45. The Morgan fingerprint density at radius 2 is 1.32 bits per heavy atom. The molecule has 5 aromatic carbocycles. The summed E-state index contributed by atoms with van der Waals surface area (Å²) in [6, 6.07) is 30.6. The van der Waals surface area contributed by atoms with Crippen molar-refractivity contribution in [2.75, 3.05) is 0 Å². The third kappa shape index (κ3) is 1.76. The van der Waals surface area contributed by atoms with Crippen LogP contribution >= 0.6 is 0 Å². The van der Waals surface area contributed by atoms with Crippen LogP contribution in [0.4, 0.5) is 0 Å². The Hall–Kier alpha value is -3.58. The highest BCUT2D eigenvalue weighted by Crippen LogP contribution is 2.45. The molecule has 0 spiro atoms. The van der Waals surface area contributed by atoms with Gasteiger partial charge in [0.05, 0.1) is 0 Å². The van der Waals surface area contributed by atoms with Gasteiger partial charge in [-0.1, -0.05) is 66.7 Å². The first-order valence-corrected chi connectivity index (χ1v) is 9.75. The highest BCUT2D eigenvalue weighted by atomic mass is 16.3. The maximum Gasteiger partial charge on any atom is 0.136 e. The van der Waals surface area contributed by atoms with Gasteiger partial charge in [-0.3, -0.25) is 0 Å². The maximum absolute atomic E-state index is 6.31. The maximum atomic E-state index is 6.31. The van der Waals surface area contributed by atoms with E-state index in [0.717, 1.165) is 17.6 Å². The zero-order valence-electron chi connectivity index (χ0n) is 15.2. The van der Waals surface area contributed by atoms with E-state index in [0.29, 0.717) is 0 Å². The number of furan rings is 1. The van der Waals surface area contributed by atoms with Gasteiger partial charge in [0.1, 0.15) is 11.2 Å². The molecule has 0 atom stereocenters. The van der Waals surface area contributed by atoms with Crippen molar-refractivity contribution < 1.29 is 4.42 Å². The predicted molar refractivity (Wildman–Crippen MR) is 117 cm³/mol. The van der Waals surface area contributed by atoms with E-state index in [2.05, 4.69) is 84.9 Å². The lowest BCUT2D eigenvalue weighted by Crippen LogP contribution is -1.81. The van der Waals surface area contributed by atoms with Gasteiger partial charge < -0.3 is 4.42 Å². The summed E-state index contributed by atoms with van der Waals surface area (Å²) in [4.78, 5) is 0. The largest absolute Gasteiger partial charge is 0.456 e. The fourth-order valence-corrected chi connectivity index (χ4v) is 5.00. The van der Waals surface area contributed by atoms with E-state index in [1.54, 1.807) is 0 Å². The number of benzene rings is 5. The van der Waals surface area contributed by atoms with Gasteiger partial charge in [-0.15, -0.1) is 0 Å². The van der Waals surface area contributed by atoms with Crippen molar-refractivity contribution in [2.24, 2.45) is 0 Å². The van der Waals surface area contributed by atoms with Crippen LogP contribution in [-0.4, -0.2) is 0 Å². The molecule has 0 saturated carbocycles. The van der Waals surface area contributed by atoms with Crippen molar-refractivity contribution in [1.82, 2.24) is 0 Å². The van der Waals surface area contributed by atoms with Crippen LogP contribution in [0, 0.1) is 0 Å². The first kappa shape index (κ1) is 14.5. The average molecular weight is 356 g/mol. The average Bonchev–Trinajstić information content (AvgIpc) is 3.29. The third-order valence-electron chi connectivity index (χ3n) is 6.25. The van der Waals surface area contributed by atoms with Crippen LogP contribution in [-0.2, 0) is 6.42 Å². The SMILES string of the molecule is c1ccc2c3c(ccc2c1)Cc1cc2c(cc1-3)oc1ccc3ccccc3c12. The topological polar surface area (TPSA) is 13.1 Å². The molecule has 1 aliphatic carbocycles. The molecule has 0 fully saturated rings. The van der Waals surface area contributed by atoms with Gasteiger partial charge in [-0.25, -0.2) is 0 Å². The summed E-state index contributed by atoms with van der Waals surface area (Å²) < 4.78 is 6.31. The molecule has 28 heavy (non-hydrogen) atoms. The van der Waals surface area contributed by atoms with Crippen LogP contribution in [0.5, 0.6) is 0 Å². The molecule has 1 aliphatic rings. The molecule has 6 aromatic rings. The molecule has 1 nitrogen and oxygen atoms in total. The number of hydrogen-bond donors (Lipinski definition) is 0. The highest BCUT2D eigenvalue weighted by molar-refractivity contribution is 6.19. The van der Waals surface area contributed by atoms with Gasteiger partial charge in [0.25, 0.3) is 0 Å². The summed E-state index contributed by atoms with van der Waals surface area (Å²) >= 11 is 0. The monoisotopic (exact) mass is 356 g/mol. The minimum atomic E-state index is 0.968. The fraction of sp³-hybridized carbons (Fsp3) is 0.0370. The molecule has 0 saturated heterocycles. The molecule has 7 rings (SSSR count). The molecule has 0 unspecified atom stereocenters. The molecule has 0 amide bonds. The minimum absolute atomic E-state index is 0.968. The Bertz CT molecular complexity index is 1580. The molecule has 0 bridgehead atoms. The Balaban J connectivity index is 1.61. The smallest absolute Gasteiger partial charge is 0.136 e. The quantitative estimate of drug-likeness (QED) is 0.275. The second kappa shape index (κ2) is 5.02. The van der Waals surface area contributed by atoms with E-state index in [9.17, 15) is 0 Å². The van der Waals surface area contributed by atoms with Crippen molar-refractivity contribution in [1.29, 1.82) is 0 Å². The highest BCUT2D eigenvalue weighted by Gasteiger charge is 2.23. The molecule has 130 valence electrons. The van der Waals surface area contributed by atoms with E-state index in [4.69, 9.17) is 4.42 Å². The van der Waals surface area contributed by atoms with E-state index in [1.807, 2.05) is 0 Å². The molecule has 0 N–H and O–H groups in total. The van der Waals surface area contributed by atoms with Crippen LogP contribution in [0.2, 0.25) is 0 Å². The second-order valence-corrected chi connectivity index (χ2v) is 7.77. The molecule has 0 aliphatic heterocycles. The van der Waals surface area contributed by atoms with Gasteiger partial charge in [-0.05, 0) is 68.4 Å². The normalized spacial score (nSPS) is 12.9. The van der Waals surface area contributed by atoms with Gasteiger partial charge >= 0.3 is 0 Å². The van der Waals surface area contributed by atoms with Crippen LogP contribution in [0.1, 0.15) is 11.1 Å². The van der Waals surface area contributed by atoms with E-state index < -0.39 is 0 Å². The zero-order chi connectivity index (χ0) is 18.2. The molecule has 0 radical (unpaired) electrons. The second-order valence-electron chi connectivity index (χ2n) is 7.77. The van der Waals surface area contributed by atoms with Crippen LogP contribution in [0.3, 0.4) is 0 Å². The van der Waals surface area contributed by atoms with E-state index in [1.165, 1.54) is 54.6 Å². The lowest BCUT2D eigenvalue weighted by molar-refractivity contribution is 0.669. The Morgan fingerprint density at radius 1 is 0.571 bits per heavy atom. The first-order chi connectivity index (χ1) is 13.9. The van der Waals surface area contributed by atoms with Crippen molar-refractivity contribution in [3.63, 3.8) is 0 Å². The lowest BCUT2D eigenvalue weighted by atomic mass is 9.97. The number of rotatable bonds is 0. The van der Waals surface area contributed by atoms with Crippen LogP contribution < -0.4 is 0 Å². The molecular formula is C27H16O. The number of hydrogen-bond acceptors (Lipinski definition) is 1. The molecule has 1 heteroatoms. The lowest BCUT2D eigenvalue weighted by Gasteiger charge is -2.06. The van der Waals surface area contributed by atoms with Crippen LogP contribution in [0.25, 0.3) is 54.6 Å². The predicted octanol–water partition coefficient (Wildman–Crippen LogP) is 7.46. The van der Waals surface area contributed by atoms with Crippen molar-refractivity contribution >= 4 is 43.5 Å². The molecule has 1 heterocycles. The third-order valence-corrected chi connectivity index (χ3v) is 6.25. The molecular weight excluding hydrogens is 340 g/mol. The van der Waals surface area contributed by atoms with Gasteiger partial charge in [0.15, 0.2) is 0 Å². The summed E-state index contributed by atoms with van der Waals surface area (Å²) in [5.74, 6) is 0. The zero-order valence-corrected chi connectivity index (χ0v) is 15.2. The van der Waals surface area contributed by atoms with Gasteiger partial charge in [0.2, 0.25) is 0 Å². The number of fused-ring (bicyclic) bond motifs is 10. The Morgan fingerprint density at radius 3 is 2.21 bits per heavy atom. The summed E-state index contributed by atoms with van der Waals surface area (Å²) in [6.07, 6.45) is 0.989. The summed E-state index contributed by atoms with van der Waals surface area (Å²) in [5, 5.41) is 7.61. The van der Waals surface area contributed by atoms with Crippen molar-refractivity contribution in [3.8, 4) is 11.1 Å². The Labute approximate surface area is 161 Å². The van der Waals surface area contributed by atoms with Crippen molar-refractivity contribution in [3.05, 3.63) is 96.1 Å². The van der Waals surface area contributed by atoms with Crippen LogP contribution in [0.15, 0.2) is 89.3 Å². The van der Waals surface area contributed by atoms with Crippen molar-refractivity contribution in [2.45, 2.75) is 6.42 Å². The first-order valence-electron chi connectivity index (χ1n) is 9.75. The van der Waals surface area contributed by atoms with E-state index in [-0.39, 0.29) is 0 Å². The fourth-order valence-electron chi connectivity index (χ4n) is 5.00.